The van der Waals surface area contributed by atoms with E-state index >= 15 is 0 Å². The van der Waals surface area contributed by atoms with Crippen LogP contribution in [0.5, 0.6) is 0 Å². The number of piperidine rings is 1. The standard InChI is InChI=1S/C23H22N2O5S/c1-30-23(27)14-8-10-25(11-9-14)31(28,29)16-6-7-17-15(12-16)13-20-18-4-2-3-5-19(18)22(26)24-21(17)20/h2-7,12,14H,8-11,13H2,1H3,(H,24,26). The van der Waals surface area contributed by atoms with Crippen molar-refractivity contribution in [2.24, 2.45) is 5.92 Å². The van der Waals surface area contributed by atoms with Gasteiger partial charge < -0.3 is 9.72 Å². The van der Waals surface area contributed by atoms with Crippen molar-refractivity contribution in [2.75, 3.05) is 20.2 Å². The van der Waals surface area contributed by atoms with Crippen molar-refractivity contribution in [3.05, 3.63) is 63.9 Å². The molecule has 160 valence electrons. The largest absolute Gasteiger partial charge is 0.469 e. The lowest BCUT2D eigenvalue weighted by Crippen LogP contribution is -2.40. The zero-order valence-corrected chi connectivity index (χ0v) is 17.9. The number of benzene rings is 2. The van der Waals surface area contributed by atoms with Crippen LogP contribution >= 0.6 is 0 Å². The summed E-state index contributed by atoms with van der Waals surface area (Å²) in [5.74, 6) is -0.537. The number of aromatic amines is 1. The summed E-state index contributed by atoms with van der Waals surface area (Å²) in [5.41, 5.74) is 3.38. The van der Waals surface area contributed by atoms with E-state index in [4.69, 9.17) is 4.74 Å². The van der Waals surface area contributed by atoms with E-state index in [1.165, 1.54) is 11.4 Å². The van der Waals surface area contributed by atoms with Gasteiger partial charge in [-0.1, -0.05) is 24.3 Å². The van der Waals surface area contributed by atoms with E-state index in [1.54, 1.807) is 24.3 Å². The van der Waals surface area contributed by atoms with E-state index in [0.29, 0.717) is 24.6 Å². The zero-order valence-electron chi connectivity index (χ0n) is 17.1. The first kappa shape index (κ1) is 20.0. The predicted molar refractivity (Wildman–Crippen MR) is 116 cm³/mol. The minimum atomic E-state index is -3.67. The molecule has 1 saturated heterocycles. The van der Waals surface area contributed by atoms with Gasteiger partial charge in [-0.3, -0.25) is 9.59 Å². The van der Waals surface area contributed by atoms with E-state index in [0.717, 1.165) is 27.8 Å². The topological polar surface area (TPSA) is 96.5 Å². The number of nitrogens with zero attached hydrogens (tertiary/aromatic N) is 1. The number of esters is 1. The maximum absolute atomic E-state index is 13.2. The van der Waals surface area contributed by atoms with Crippen molar-refractivity contribution in [1.82, 2.24) is 9.29 Å². The Kier molecular flexibility index (Phi) is 4.71. The van der Waals surface area contributed by atoms with Gasteiger partial charge in [0, 0.05) is 30.5 Å². The quantitative estimate of drug-likeness (QED) is 0.496. The highest BCUT2D eigenvalue weighted by atomic mass is 32.2. The van der Waals surface area contributed by atoms with Crippen molar-refractivity contribution in [2.45, 2.75) is 24.2 Å². The number of methoxy groups -OCH3 is 1. The third-order valence-corrected chi connectivity index (χ3v) is 8.27. The normalized spacial score (nSPS) is 16.8. The summed E-state index contributed by atoms with van der Waals surface area (Å²) in [6, 6.07) is 12.6. The van der Waals surface area contributed by atoms with Crippen LogP contribution in [0.4, 0.5) is 0 Å². The number of H-pyrrole nitrogens is 1. The number of carbonyl (C=O) groups excluding carboxylic acids is 1. The highest BCUT2D eigenvalue weighted by Gasteiger charge is 2.33. The van der Waals surface area contributed by atoms with Crippen LogP contribution in [0.3, 0.4) is 0 Å². The molecule has 0 saturated carbocycles. The number of carbonyl (C=O) groups is 1. The fourth-order valence-corrected chi connectivity index (χ4v) is 6.23. The van der Waals surface area contributed by atoms with Crippen LogP contribution in [-0.4, -0.2) is 43.9 Å². The SMILES string of the molecule is COC(=O)C1CCN(S(=O)(=O)c2ccc3c(c2)Cc2c-3[nH]c(=O)c3ccccc23)CC1. The lowest BCUT2D eigenvalue weighted by atomic mass is 9.99. The van der Waals surface area contributed by atoms with Crippen LogP contribution in [0.2, 0.25) is 0 Å². The van der Waals surface area contributed by atoms with Gasteiger partial charge in [-0.2, -0.15) is 4.31 Å². The smallest absolute Gasteiger partial charge is 0.308 e. The van der Waals surface area contributed by atoms with Gasteiger partial charge in [0.15, 0.2) is 0 Å². The molecule has 5 rings (SSSR count). The van der Waals surface area contributed by atoms with Crippen LogP contribution in [0.15, 0.2) is 52.2 Å². The molecule has 0 unspecified atom stereocenters. The molecule has 0 atom stereocenters. The highest BCUT2D eigenvalue weighted by molar-refractivity contribution is 7.89. The number of nitrogens with one attached hydrogen (secondary N) is 1. The maximum Gasteiger partial charge on any atom is 0.308 e. The first-order valence-corrected chi connectivity index (χ1v) is 11.7. The molecule has 7 nitrogen and oxygen atoms in total. The van der Waals surface area contributed by atoms with Gasteiger partial charge >= 0.3 is 5.97 Å². The zero-order chi connectivity index (χ0) is 21.8. The Balaban J connectivity index is 1.47. The molecule has 0 bridgehead atoms. The molecule has 1 aliphatic carbocycles. The van der Waals surface area contributed by atoms with Crippen molar-refractivity contribution < 1.29 is 17.9 Å². The molecule has 31 heavy (non-hydrogen) atoms. The molecule has 0 spiro atoms. The number of aromatic nitrogens is 1. The number of rotatable bonds is 3. The summed E-state index contributed by atoms with van der Waals surface area (Å²) in [6.07, 6.45) is 1.47. The van der Waals surface area contributed by atoms with Crippen LogP contribution in [0.25, 0.3) is 22.0 Å². The fourth-order valence-electron chi connectivity index (χ4n) is 4.71. The average Bonchev–Trinajstić information content (AvgIpc) is 3.17. The van der Waals surface area contributed by atoms with E-state index in [2.05, 4.69) is 4.98 Å². The monoisotopic (exact) mass is 438 g/mol. The molecule has 1 aromatic heterocycles. The Morgan fingerprint density at radius 3 is 2.52 bits per heavy atom. The molecule has 1 N–H and O–H groups in total. The Hall–Kier alpha value is -2.97. The number of hydrogen-bond acceptors (Lipinski definition) is 5. The van der Waals surface area contributed by atoms with Crippen LogP contribution in [0, 0.1) is 5.92 Å². The van der Waals surface area contributed by atoms with E-state index in [1.807, 2.05) is 18.2 Å². The minimum absolute atomic E-state index is 0.146. The van der Waals surface area contributed by atoms with Gasteiger partial charge in [0.2, 0.25) is 10.0 Å². The molecule has 1 fully saturated rings. The predicted octanol–water partition coefficient (Wildman–Crippen LogP) is 2.67. The number of ether oxygens (including phenoxy) is 1. The Labute approximate surface area is 179 Å². The number of hydrogen-bond donors (Lipinski definition) is 1. The van der Waals surface area contributed by atoms with E-state index in [9.17, 15) is 18.0 Å². The Bertz CT molecular complexity index is 1370. The van der Waals surface area contributed by atoms with Crippen molar-refractivity contribution >= 4 is 26.8 Å². The molecule has 2 aliphatic rings. The van der Waals surface area contributed by atoms with Gasteiger partial charge in [-0.05, 0) is 47.6 Å². The van der Waals surface area contributed by atoms with Gasteiger partial charge in [0.25, 0.3) is 5.56 Å². The minimum Gasteiger partial charge on any atom is -0.469 e. The molecule has 0 amide bonds. The van der Waals surface area contributed by atoms with Crippen molar-refractivity contribution in [3.8, 4) is 11.3 Å². The van der Waals surface area contributed by atoms with E-state index < -0.39 is 10.0 Å². The second-order valence-corrected chi connectivity index (χ2v) is 9.99. The van der Waals surface area contributed by atoms with Gasteiger partial charge in [-0.25, -0.2) is 8.42 Å². The van der Waals surface area contributed by atoms with Gasteiger partial charge in [0.1, 0.15) is 0 Å². The lowest BCUT2D eigenvalue weighted by molar-refractivity contribution is -0.146. The van der Waals surface area contributed by atoms with Gasteiger partial charge in [0.05, 0.1) is 23.6 Å². The lowest BCUT2D eigenvalue weighted by Gasteiger charge is -2.30. The molecule has 8 heteroatoms. The third kappa shape index (κ3) is 3.18. The van der Waals surface area contributed by atoms with Gasteiger partial charge in [-0.15, -0.1) is 0 Å². The molecular weight excluding hydrogens is 416 g/mol. The summed E-state index contributed by atoms with van der Waals surface area (Å²) >= 11 is 0. The summed E-state index contributed by atoms with van der Waals surface area (Å²) in [5, 5.41) is 1.53. The van der Waals surface area contributed by atoms with Crippen LogP contribution < -0.4 is 5.56 Å². The third-order valence-electron chi connectivity index (χ3n) is 6.38. The molecular formula is C23H22N2O5S. The first-order valence-electron chi connectivity index (χ1n) is 10.3. The first-order chi connectivity index (χ1) is 14.9. The van der Waals surface area contributed by atoms with Crippen molar-refractivity contribution in [3.63, 3.8) is 0 Å². The summed E-state index contributed by atoms with van der Waals surface area (Å²) in [4.78, 5) is 27.4. The van der Waals surface area contributed by atoms with Crippen molar-refractivity contribution in [1.29, 1.82) is 0 Å². The number of pyridine rings is 1. The molecule has 3 aromatic rings. The molecule has 2 heterocycles. The summed E-state index contributed by atoms with van der Waals surface area (Å²) < 4.78 is 32.7. The maximum atomic E-state index is 13.2. The second-order valence-electron chi connectivity index (χ2n) is 8.05. The number of fused-ring (bicyclic) bond motifs is 5. The fraction of sp³-hybridized carbons (Fsp3) is 0.304. The van der Waals surface area contributed by atoms with Crippen LogP contribution in [-0.2, 0) is 26.0 Å². The Morgan fingerprint density at radius 1 is 1.10 bits per heavy atom. The Morgan fingerprint density at radius 2 is 1.81 bits per heavy atom. The number of sulfonamides is 1. The average molecular weight is 439 g/mol. The molecule has 0 radical (unpaired) electrons. The summed E-state index contributed by atoms with van der Waals surface area (Å²) in [6.45, 7) is 0.578. The molecule has 2 aromatic carbocycles. The van der Waals surface area contributed by atoms with E-state index in [-0.39, 0.29) is 35.4 Å². The molecule has 1 aliphatic heterocycles. The van der Waals surface area contributed by atoms with Crippen LogP contribution in [0.1, 0.15) is 24.0 Å². The second kappa shape index (κ2) is 7.32. The summed E-state index contributed by atoms with van der Waals surface area (Å²) in [7, 11) is -2.32. The highest BCUT2D eigenvalue weighted by Crippen LogP contribution is 2.39.